The van der Waals surface area contributed by atoms with Crippen molar-refractivity contribution in [2.24, 2.45) is 0 Å². The summed E-state index contributed by atoms with van der Waals surface area (Å²) < 4.78 is 0. The maximum atomic E-state index is 11.6. The van der Waals surface area contributed by atoms with Crippen LogP contribution in [0.15, 0.2) is 36.7 Å². The molecule has 2 rings (SSSR count). The SMILES string of the molecule is CCC(=O)c1ccc(NC(C)=O)nc1.CON(C)C(=O)c1ccc(NC(C)=O)nc1.[CH2-]C.[Cl-].[Mg+2]. The Bertz CT molecular complexity index is 896. The van der Waals surface area contributed by atoms with Gasteiger partial charge in [0.05, 0.1) is 12.7 Å². The number of carbonyl (C=O) groups excluding carboxylic acids is 4. The summed E-state index contributed by atoms with van der Waals surface area (Å²) in [6.07, 6.45) is 3.31. The fourth-order valence-corrected chi connectivity index (χ4v) is 2.06. The molecule has 0 spiro atoms. The molecule has 3 amide bonds. The normalized spacial score (nSPS) is 8.68. The minimum absolute atomic E-state index is 0. The summed E-state index contributed by atoms with van der Waals surface area (Å²) in [5.41, 5.74) is 0.958. The van der Waals surface area contributed by atoms with Gasteiger partial charge >= 0.3 is 23.1 Å². The van der Waals surface area contributed by atoms with Crippen LogP contribution in [0.3, 0.4) is 0 Å². The Morgan fingerprint density at radius 1 is 0.912 bits per heavy atom. The number of nitrogens with one attached hydrogen (secondary N) is 2. The average Bonchev–Trinajstić information content (AvgIpc) is 2.79. The standard InChI is InChI=1S/C10H13N3O3.C10H12N2O2.C2H5.ClH.Mg/c1-7(14)12-9-5-4-8(6-11-9)10(15)13(2)16-3;1-3-9(14)8-4-5-10(11-6-8)12-7(2)13;1-2;;/h4-6H,1-3H3,(H,11,12,14);4-6H,3H2,1-2H3,(H,11,12,13);1H2,2H3;1H;/q;;-1;;+2/p-1. The van der Waals surface area contributed by atoms with Gasteiger partial charge in [-0.05, 0) is 24.3 Å². The van der Waals surface area contributed by atoms with Crippen molar-refractivity contribution in [2.45, 2.75) is 34.1 Å². The van der Waals surface area contributed by atoms with Crippen LogP contribution in [0.25, 0.3) is 0 Å². The molecule has 12 heteroatoms. The molecule has 0 fully saturated rings. The molecule has 0 bridgehead atoms. The summed E-state index contributed by atoms with van der Waals surface area (Å²) in [6, 6.07) is 6.39. The second-order valence-electron chi connectivity index (χ2n) is 5.99. The molecule has 182 valence electrons. The number of hydroxylamine groups is 2. The minimum Gasteiger partial charge on any atom is -1.00 e. The van der Waals surface area contributed by atoms with Gasteiger partial charge in [-0.25, -0.2) is 15.0 Å². The zero-order valence-corrected chi connectivity index (χ0v) is 22.5. The first-order chi connectivity index (χ1) is 15.2. The first kappa shape index (κ1) is 36.0. The zero-order valence-electron chi connectivity index (χ0n) is 20.3. The molecule has 0 aliphatic rings. The number of pyridine rings is 2. The Kier molecular flexibility index (Phi) is 21.0. The largest absolute Gasteiger partial charge is 2.00 e. The second-order valence-corrected chi connectivity index (χ2v) is 5.99. The van der Waals surface area contributed by atoms with E-state index in [0.29, 0.717) is 29.2 Å². The van der Waals surface area contributed by atoms with Gasteiger partial charge in [-0.15, -0.1) is 0 Å². The van der Waals surface area contributed by atoms with E-state index in [2.05, 4.69) is 27.5 Å². The molecular formula is C22H30ClMgN5O5. The van der Waals surface area contributed by atoms with E-state index in [1.54, 1.807) is 38.1 Å². The molecule has 2 N–H and O–H groups in total. The number of carbonyl (C=O) groups is 4. The van der Waals surface area contributed by atoms with Crippen molar-refractivity contribution >= 4 is 58.2 Å². The van der Waals surface area contributed by atoms with E-state index in [-0.39, 0.29) is 59.0 Å². The molecule has 0 saturated heterocycles. The predicted octanol–water partition coefficient (Wildman–Crippen LogP) is -0.230. The van der Waals surface area contributed by atoms with Crippen molar-refractivity contribution in [3.05, 3.63) is 54.7 Å². The van der Waals surface area contributed by atoms with Gasteiger partial charge in [-0.1, -0.05) is 6.92 Å². The van der Waals surface area contributed by atoms with Crippen molar-refractivity contribution in [3.63, 3.8) is 0 Å². The van der Waals surface area contributed by atoms with Gasteiger partial charge in [0.1, 0.15) is 11.6 Å². The fourth-order valence-electron chi connectivity index (χ4n) is 2.06. The third-order valence-corrected chi connectivity index (χ3v) is 3.59. The van der Waals surface area contributed by atoms with Gasteiger partial charge in [0.2, 0.25) is 11.8 Å². The molecule has 0 unspecified atom stereocenters. The van der Waals surface area contributed by atoms with Crippen molar-refractivity contribution in [2.75, 3.05) is 24.8 Å². The number of nitrogens with zero attached hydrogens (tertiary/aromatic N) is 3. The Morgan fingerprint density at radius 2 is 1.32 bits per heavy atom. The Hall–Kier alpha value is -2.60. The van der Waals surface area contributed by atoms with E-state index in [1.165, 1.54) is 40.4 Å². The summed E-state index contributed by atoms with van der Waals surface area (Å²) >= 11 is 0. The summed E-state index contributed by atoms with van der Waals surface area (Å²) in [5.74, 6) is 0.234. The molecule has 0 saturated carbocycles. The van der Waals surface area contributed by atoms with Crippen LogP contribution in [0, 0.1) is 6.92 Å². The molecule has 0 aromatic carbocycles. The molecule has 2 heterocycles. The number of Topliss-reactive ketones (excluding diaryl/α,β-unsaturated/α-hetero) is 1. The smallest absolute Gasteiger partial charge is 1.00 e. The van der Waals surface area contributed by atoms with E-state index < -0.39 is 0 Å². The maximum absolute atomic E-state index is 11.6. The van der Waals surface area contributed by atoms with Gasteiger partial charge in [0.15, 0.2) is 5.78 Å². The number of ketones is 1. The van der Waals surface area contributed by atoms with E-state index in [0.717, 1.165) is 5.06 Å². The molecule has 0 radical (unpaired) electrons. The summed E-state index contributed by atoms with van der Waals surface area (Å²) in [6.45, 7) is 9.59. The third-order valence-electron chi connectivity index (χ3n) is 3.59. The Morgan fingerprint density at radius 3 is 1.62 bits per heavy atom. The predicted molar refractivity (Wildman–Crippen MR) is 128 cm³/mol. The quantitative estimate of drug-likeness (QED) is 0.241. The van der Waals surface area contributed by atoms with Crippen LogP contribution in [0.4, 0.5) is 11.6 Å². The molecule has 2 aromatic heterocycles. The van der Waals surface area contributed by atoms with Crippen molar-refractivity contribution in [1.82, 2.24) is 15.0 Å². The Balaban J connectivity index is -0.000000502. The van der Waals surface area contributed by atoms with Crippen LogP contribution >= 0.6 is 0 Å². The number of hydrogen-bond donors (Lipinski definition) is 2. The molecule has 10 nitrogen and oxygen atoms in total. The number of anilines is 2. The monoisotopic (exact) mass is 503 g/mol. The summed E-state index contributed by atoms with van der Waals surface area (Å²) in [4.78, 5) is 56.8. The van der Waals surface area contributed by atoms with E-state index in [4.69, 9.17) is 4.84 Å². The van der Waals surface area contributed by atoms with Gasteiger partial charge in [-0.2, -0.15) is 6.92 Å². The first-order valence-electron chi connectivity index (χ1n) is 9.71. The Labute approximate surface area is 222 Å². The third kappa shape index (κ3) is 13.8. The maximum Gasteiger partial charge on any atom is 2.00 e. The molecule has 0 atom stereocenters. The summed E-state index contributed by atoms with van der Waals surface area (Å²) in [7, 11) is 2.90. The van der Waals surface area contributed by atoms with E-state index in [1.807, 2.05) is 0 Å². The second kappa shape index (κ2) is 19.8. The zero-order chi connectivity index (χ0) is 24.7. The first-order valence-corrected chi connectivity index (χ1v) is 9.71. The number of rotatable bonds is 6. The molecule has 0 aliphatic heterocycles. The van der Waals surface area contributed by atoms with Crippen LogP contribution < -0.4 is 23.0 Å². The fraction of sp³-hybridized carbons (Fsp3) is 0.318. The minimum atomic E-state index is -0.302. The molecule has 2 aromatic rings. The molecular weight excluding hydrogens is 474 g/mol. The summed E-state index contributed by atoms with van der Waals surface area (Å²) in [5, 5.41) is 6.13. The number of halogens is 1. The van der Waals surface area contributed by atoms with Gasteiger partial charge in [0, 0.05) is 45.3 Å². The van der Waals surface area contributed by atoms with Gasteiger partial charge < -0.3 is 30.0 Å². The van der Waals surface area contributed by atoms with Crippen molar-refractivity contribution in [1.29, 1.82) is 0 Å². The van der Waals surface area contributed by atoms with Gasteiger partial charge in [-0.3, -0.25) is 24.0 Å². The molecule has 34 heavy (non-hydrogen) atoms. The number of amides is 3. The van der Waals surface area contributed by atoms with Crippen LogP contribution in [-0.4, -0.2) is 75.7 Å². The number of aromatic nitrogens is 2. The average molecular weight is 504 g/mol. The van der Waals surface area contributed by atoms with E-state index in [9.17, 15) is 19.2 Å². The van der Waals surface area contributed by atoms with Crippen LogP contribution in [-0.2, 0) is 14.4 Å². The van der Waals surface area contributed by atoms with Crippen molar-refractivity contribution < 1.29 is 36.4 Å². The molecule has 0 aliphatic carbocycles. The van der Waals surface area contributed by atoms with Crippen LogP contribution in [0.2, 0.25) is 0 Å². The van der Waals surface area contributed by atoms with Gasteiger partial charge in [0.25, 0.3) is 5.91 Å². The van der Waals surface area contributed by atoms with E-state index >= 15 is 0 Å². The van der Waals surface area contributed by atoms with Crippen molar-refractivity contribution in [3.8, 4) is 0 Å². The van der Waals surface area contributed by atoms with Crippen LogP contribution in [0.1, 0.15) is 54.8 Å². The topological polar surface area (TPSA) is 131 Å². The van der Waals surface area contributed by atoms with Crippen LogP contribution in [0.5, 0.6) is 0 Å². The number of hydrogen-bond acceptors (Lipinski definition) is 7.